The number of allylic oxidation sites excluding steroid dienone is 1. The first-order valence-corrected chi connectivity index (χ1v) is 11.2. The van der Waals surface area contributed by atoms with Crippen molar-refractivity contribution >= 4 is 17.4 Å². The Balaban J connectivity index is 1.79. The fourth-order valence-electron chi connectivity index (χ4n) is 2.65. The monoisotopic (exact) mass is 407 g/mol. The van der Waals surface area contributed by atoms with Gasteiger partial charge in [-0.05, 0) is 79.9 Å². The topological polar surface area (TPSA) is 12.5 Å². The number of ether oxygens (including phenoxy) is 1. The van der Waals surface area contributed by atoms with Crippen LogP contribution in [0, 0.1) is 17.3 Å². The van der Waals surface area contributed by atoms with E-state index in [1.165, 1.54) is 11.1 Å². The highest BCUT2D eigenvalue weighted by atomic mass is 32.1. The number of nitrogens with zero attached hydrogens (tertiary/aromatic N) is 1. The molecule has 2 rings (SSSR count). The summed E-state index contributed by atoms with van der Waals surface area (Å²) in [6.07, 6.45) is 9.33. The van der Waals surface area contributed by atoms with Crippen LogP contribution in [0.4, 0.5) is 0 Å². The summed E-state index contributed by atoms with van der Waals surface area (Å²) in [6, 6.07) is 10.5. The van der Waals surface area contributed by atoms with E-state index in [0.717, 1.165) is 31.8 Å². The quantitative estimate of drug-likeness (QED) is 0.322. The molecule has 0 aliphatic carbocycles. The van der Waals surface area contributed by atoms with Crippen molar-refractivity contribution in [1.82, 2.24) is 4.90 Å². The first-order chi connectivity index (χ1) is 14.0. The SMILES string of the molecule is CCN(CC=CC#CC(C)(C)C)Cc1cccc(OCCC=Cc2ccsc2)c1. The van der Waals surface area contributed by atoms with Crippen molar-refractivity contribution in [1.29, 1.82) is 0 Å². The lowest BCUT2D eigenvalue weighted by Gasteiger charge is -2.18. The van der Waals surface area contributed by atoms with E-state index in [1.807, 2.05) is 12.1 Å². The molecule has 0 atom stereocenters. The predicted octanol–water partition coefficient (Wildman–Crippen LogP) is 6.66. The average Bonchev–Trinajstić information content (AvgIpc) is 3.19. The molecule has 2 nitrogen and oxygen atoms in total. The second-order valence-electron chi connectivity index (χ2n) is 7.99. The summed E-state index contributed by atoms with van der Waals surface area (Å²) >= 11 is 1.72. The molecule has 0 spiro atoms. The maximum absolute atomic E-state index is 5.93. The van der Waals surface area contributed by atoms with E-state index in [4.69, 9.17) is 4.74 Å². The molecule has 0 aliphatic rings. The number of thiophene rings is 1. The lowest BCUT2D eigenvalue weighted by atomic mass is 9.98. The van der Waals surface area contributed by atoms with Gasteiger partial charge in [-0.2, -0.15) is 11.3 Å². The van der Waals surface area contributed by atoms with Crippen molar-refractivity contribution in [3.63, 3.8) is 0 Å². The van der Waals surface area contributed by atoms with E-state index in [9.17, 15) is 0 Å². The maximum Gasteiger partial charge on any atom is 0.119 e. The molecule has 0 N–H and O–H groups in total. The van der Waals surface area contributed by atoms with Crippen LogP contribution in [0.25, 0.3) is 6.08 Å². The van der Waals surface area contributed by atoms with Crippen LogP contribution in [0.1, 0.15) is 45.2 Å². The van der Waals surface area contributed by atoms with Crippen molar-refractivity contribution in [2.24, 2.45) is 5.41 Å². The molecule has 0 aliphatic heterocycles. The second kappa shape index (κ2) is 12.3. The van der Waals surface area contributed by atoms with E-state index >= 15 is 0 Å². The van der Waals surface area contributed by atoms with Gasteiger partial charge >= 0.3 is 0 Å². The molecular weight excluding hydrogens is 374 g/mol. The minimum Gasteiger partial charge on any atom is -0.493 e. The van der Waals surface area contributed by atoms with Crippen LogP contribution in [0.15, 0.2) is 59.3 Å². The van der Waals surface area contributed by atoms with E-state index in [-0.39, 0.29) is 5.41 Å². The van der Waals surface area contributed by atoms with Gasteiger partial charge in [0.1, 0.15) is 5.75 Å². The fraction of sp³-hybridized carbons (Fsp3) is 0.385. The Labute approximate surface area is 180 Å². The minimum atomic E-state index is 0.0505. The van der Waals surface area contributed by atoms with Crippen molar-refractivity contribution in [3.05, 3.63) is 70.4 Å². The molecular formula is C26H33NOS. The minimum absolute atomic E-state index is 0.0505. The van der Waals surface area contributed by atoms with Gasteiger partial charge in [0.25, 0.3) is 0 Å². The summed E-state index contributed by atoms with van der Waals surface area (Å²) in [5, 5.41) is 4.24. The van der Waals surface area contributed by atoms with Crippen LogP contribution < -0.4 is 4.74 Å². The van der Waals surface area contributed by atoms with Crippen molar-refractivity contribution in [3.8, 4) is 17.6 Å². The Morgan fingerprint density at radius 3 is 2.76 bits per heavy atom. The zero-order chi connectivity index (χ0) is 21.0. The maximum atomic E-state index is 5.93. The second-order valence-corrected chi connectivity index (χ2v) is 8.77. The number of hydrogen-bond donors (Lipinski definition) is 0. The van der Waals surface area contributed by atoms with E-state index in [1.54, 1.807) is 11.3 Å². The van der Waals surface area contributed by atoms with Gasteiger partial charge in [0.05, 0.1) is 6.61 Å². The molecule has 154 valence electrons. The van der Waals surface area contributed by atoms with Gasteiger partial charge in [-0.1, -0.05) is 49.1 Å². The van der Waals surface area contributed by atoms with E-state index in [2.05, 4.69) is 97.7 Å². The zero-order valence-electron chi connectivity index (χ0n) is 18.2. The largest absolute Gasteiger partial charge is 0.493 e. The van der Waals surface area contributed by atoms with Gasteiger partial charge in [0, 0.05) is 18.5 Å². The van der Waals surface area contributed by atoms with Crippen LogP contribution in [-0.4, -0.2) is 24.6 Å². The van der Waals surface area contributed by atoms with E-state index < -0.39 is 0 Å². The third-order valence-electron chi connectivity index (χ3n) is 4.17. The van der Waals surface area contributed by atoms with Gasteiger partial charge in [0.2, 0.25) is 0 Å². The van der Waals surface area contributed by atoms with Gasteiger partial charge in [0.15, 0.2) is 0 Å². The highest BCUT2D eigenvalue weighted by Gasteiger charge is 2.04. The first kappa shape index (κ1) is 23.0. The molecule has 0 bridgehead atoms. The Morgan fingerprint density at radius 1 is 1.17 bits per heavy atom. The summed E-state index contributed by atoms with van der Waals surface area (Å²) in [4.78, 5) is 2.39. The van der Waals surface area contributed by atoms with Crippen molar-refractivity contribution < 1.29 is 4.74 Å². The normalized spacial score (nSPS) is 11.9. The van der Waals surface area contributed by atoms with Gasteiger partial charge in [-0.3, -0.25) is 4.90 Å². The summed E-state index contributed by atoms with van der Waals surface area (Å²) in [5.74, 6) is 7.31. The molecule has 3 heteroatoms. The number of rotatable bonds is 10. The smallest absolute Gasteiger partial charge is 0.119 e. The number of hydrogen-bond acceptors (Lipinski definition) is 3. The van der Waals surface area contributed by atoms with Gasteiger partial charge < -0.3 is 4.74 Å². The molecule has 1 heterocycles. The highest BCUT2D eigenvalue weighted by Crippen LogP contribution is 2.16. The zero-order valence-corrected chi connectivity index (χ0v) is 19.0. The van der Waals surface area contributed by atoms with Crippen molar-refractivity contribution in [2.45, 2.75) is 40.7 Å². The van der Waals surface area contributed by atoms with Gasteiger partial charge in [-0.15, -0.1) is 0 Å². The molecule has 29 heavy (non-hydrogen) atoms. The summed E-state index contributed by atoms with van der Waals surface area (Å²) in [6.45, 7) is 12.1. The summed E-state index contributed by atoms with van der Waals surface area (Å²) < 4.78 is 5.93. The van der Waals surface area contributed by atoms with Gasteiger partial charge in [-0.25, -0.2) is 0 Å². The molecule has 0 fully saturated rings. The molecule has 2 aromatic rings. The molecule has 0 amide bonds. The molecule has 0 saturated carbocycles. The Bertz CT molecular complexity index is 832. The van der Waals surface area contributed by atoms with Crippen LogP contribution in [-0.2, 0) is 6.54 Å². The van der Waals surface area contributed by atoms with Crippen molar-refractivity contribution in [2.75, 3.05) is 19.7 Å². The fourth-order valence-corrected chi connectivity index (χ4v) is 3.28. The summed E-state index contributed by atoms with van der Waals surface area (Å²) in [5.41, 5.74) is 2.58. The third-order valence-corrected chi connectivity index (χ3v) is 4.87. The third kappa shape index (κ3) is 10.2. The average molecular weight is 408 g/mol. The molecule has 0 saturated heterocycles. The lowest BCUT2D eigenvalue weighted by molar-refractivity contribution is 0.307. The van der Waals surface area contributed by atoms with Crippen LogP contribution in [0.5, 0.6) is 5.75 Å². The standard InChI is InChI=1S/C26H33NOS/c1-5-27(17-9-6-8-16-26(2,3)4)21-24-13-11-14-25(20-24)28-18-10-7-12-23-15-19-29-22-23/h6-7,9,11-15,19-20,22H,5,10,17-18,21H2,1-4H3. The first-order valence-electron chi connectivity index (χ1n) is 10.3. The van der Waals surface area contributed by atoms with Crippen LogP contribution >= 0.6 is 11.3 Å². The molecule has 0 radical (unpaired) electrons. The number of benzene rings is 1. The lowest BCUT2D eigenvalue weighted by Crippen LogP contribution is -2.22. The Morgan fingerprint density at radius 2 is 2.03 bits per heavy atom. The molecule has 0 unspecified atom stereocenters. The Kier molecular flexibility index (Phi) is 9.77. The highest BCUT2D eigenvalue weighted by molar-refractivity contribution is 7.08. The molecule has 1 aromatic carbocycles. The van der Waals surface area contributed by atoms with E-state index in [0.29, 0.717) is 6.61 Å². The predicted molar refractivity (Wildman–Crippen MR) is 127 cm³/mol. The Hall–Kier alpha value is -2.28. The van der Waals surface area contributed by atoms with Crippen LogP contribution in [0.3, 0.4) is 0 Å². The number of likely N-dealkylation sites (N-methyl/N-ethyl adjacent to an activating group) is 1. The van der Waals surface area contributed by atoms with Crippen LogP contribution in [0.2, 0.25) is 0 Å². The summed E-state index contributed by atoms with van der Waals surface area (Å²) in [7, 11) is 0. The molecule has 1 aromatic heterocycles.